The van der Waals surface area contributed by atoms with Crippen molar-refractivity contribution in [1.82, 2.24) is 0 Å². The highest BCUT2D eigenvalue weighted by Gasteiger charge is 2.15. The quantitative estimate of drug-likeness (QED) is 0.110. The molecule has 3 rings (SSSR count). The first-order valence-corrected chi connectivity index (χ1v) is 12.7. The summed E-state index contributed by atoms with van der Waals surface area (Å²) in [5.41, 5.74) is 2.18. The molecule has 0 aromatic heterocycles. The van der Waals surface area contributed by atoms with Gasteiger partial charge >= 0.3 is 23.9 Å². The largest absolute Gasteiger partial charge is 0.494 e. The highest BCUT2D eigenvalue weighted by atomic mass is 16.5. The van der Waals surface area contributed by atoms with Crippen molar-refractivity contribution in [1.29, 1.82) is 0 Å². The number of ether oxygens (including phenoxy) is 5. The molecule has 0 heterocycles. The monoisotopic (exact) mass is 558 g/mol. The van der Waals surface area contributed by atoms with E-state index in [0.717, 1.165) is 29.4 Å². The number of benzene rings is 3. The number of rotatable bonds is 14. The average Bonchev–Trinajstić information content (AvgIpc) is 2.99. The van der Waals surface area contributed by atoms with Gasteiger partial charge in [-0.05, 0) is 72.5 Å². The summed E-state index contributed by atoms with van der Waals surface area (Å²) in [6, 6.07) is 20.5. The third-order valence-corrected chi connectivity index (χ3v) is 5.65. The molecule has 0 aliphatic heterocycles. The first-order chi connectivity index (χ1) is 19.8. The lowest BCUT2D eigenvalue weighted by Gasteiger charge is -2.09. The first kappa shape index (κ1) is 30.4. The molecule has 0 aliphatic carbocycles. The van der Waals surface area contributed by atoms with E-state index in [-0.39, 0.29) is 23.5 Å². The molecule has 0 atom stereocenters. The van der Waals surface area contributed by atoms with E-state index in [2.05, 4.69) is 17.9 Å². The zero-order chi connectivity index (χ0) is 29.6. The average molecular weight is 559 g/mol. The molecule has 0 fully saturated rings. The topological polar surface area (TPSA) is 114 Å². The summed E-state index contributed by atoms with van der Waals surface area (Å²) in [5.74, 6) is -1.14. The van der Waals surface area contributed by atoms with Crippen LogP contribution in [0.3, 0.4) is 0 Å². The Bertz CT molecular complexity index is 1370. The van der Waals surface area contributed by atoms with Crippen LogP contribution in [-0.2, 0) is 23.9 Å². The SMILES string of the molecule is C=CC(=O)OCCCCOc1ccc(-c2ccc(C(=O)Oc3ccc(OC(=O)C(=C)CC(=O)OC)cc3)cc2)cc1. The van der Waals surface area contributed by atoms with Gasteiger partial charge in [0.1, 0.15) is 17.2 Å². The fourth-order valence-corrected chi connectivity index (χ4v) is 3.41. The number of carbonyl (C=O) groups excluding carboxylic acids is 4. The Morgan fingerprint density at radius 1 is 0.732 bits per heavy atom. The Labute approximate surface area is 237 Å². The Kier molecular flexibility index (Phi) is 11.4. The van der Waals surface area contributed by atoms with Crippen LogP contribution >= 0.6 is 0 Å². The molecule has 3 aromatic rings. The van der Waals surface area contributed by atoms with E-state index in [1.54, 1.807) is 12.1 Å². The molecule has 9 heteroatoms. The zero-order valence-electron chi connectivity index (χ0n) is 22.6. The minimum Gasteiger partial charge on any atom is -0.494 e. The number of carbonyl (C=O) groups is 4. The fraction of sp³-hybridized carbons (Fsp3) is 0.188. The van der Waals surface area contributed by atoms with Crippen LogP contribution in [0.25, 0.3) is 11.1 Å². The highest BCUT2D eigenvalue weighted by Crippen LogP contribution is 2.24. The Morgan fingerprint density at radius 2 is 1.27 bits per heavy atom. The van der Waals surface area contributed by atoms with E-state index in [9.17, 15) is 19.2 Å². The summed E-state index contributed by atoms with van der Waals surface area (Å²) < 4.78 is 25.7. The lowest BCUT2D eigenvalue weighted by atomic mass is 10.0. The molecule has 0 saturated heterocycles. The van der Waals surface area contributed by atoms with Gasteiger partial charge in [-0.3, -0.25) is 4.79 Å². The standard InChI is InChI=1S/C32H30O9/c1-4-29(33)39-20-6-5-19-38-26-13-11-24(12-14-26)23-7-9-25(10-8-23)32(36)41-28-17-15-27(16-18-28)40-31(35)22(2)21-30(34)37-3/h4,7-18H,1-2,5-6,19-21H2,3H3. The Balaban J connectivity index is 1.47. The molecule has 0 spiro atoms. The lowest BCUT2D eigenvalue weighted by Crippen LogP contribution is -2.14. The molecule has 0 saturated carbocycles. The molecule has 3 aromatic carbocycles. The van der Waals surface area contributed by atoms with Crippen LogP contribution in [0.4, 0.5) is 0 Å². The van der Waals surface area contributed by atoms with Crippen molar-refractivity contribution in [3.8, 4) is 28.4 Å². The van der Waals surface area contributed by atoms with E-state index in [1.165, 1.54) is 31.4 Å². The van der Waals surface area contributed by atoms with Gasteiger partial charge < -0.3 is 23.7 Å². The molecule has 0 N–H and O–H groups in total. The Hall–Kier alpha value is -5.18. The number of hydrogen-bond acceptors (Lipinski definition) is 9. The number of methoxy groups -OCH3 is 1. The van der Waals surface area contributed by atoms with E-state index in [4.69, 9.17) is 18.9 Å². The van der Waals surface area contributed by atoms with E-state index in [1.807, 2.05) is 36.4 Å². The van der Waals surface area contributed by atoms with Gasteiger partial charge in [-0.15, -0.1) is 0 Å². The van der Waals surface area contributed by atoms with Crippen LogP contribution in [0.1, 0.15) is 29.6 Å². The maximum absolute atomic E-state index is 12.6. The smallest absolute Gasteiger partial charge is 0.343 e. The van der Waals surface area contributed by atoms with Crippen molar-refractivity contribution in [2.45, 2.75) is 19.3 Å². The second-order valence-electron chi connectivity index (χ2n) is 8.64. The van der Waals surface area contributed by atoms with Gasteiger partial charge in [0.15, 0.2) is 0 Å². The number of unbranched alkanes of at least 4 members (excludes halogenated alkanes) is 1. The van der Waals surface area contributed by atoms with Crippen LogP contribution in [0.15, 0.2) is 97.6 Å². The van der Waals surface area contributed by atoms with Gasteiger partial charge in [0.05, 0.1) is 32.3 Å². The van der Waals surface area contributed by atoms with Crippen molar-refractivity contribution >= 4 is 23.9 Å². The summed E-state index contributed by atoms with van der Waals surface area (Å²) in [6.07, 6.45) is 2.31. The van der Waals surface area contributed by atoms with Gasteiger partial charge in [0, 0.05) is 11.6 Å². The van der Waals surface area contributed by atoms with Gasteiger partial charge in [0.25, 0.3) is 0 Å². The highest BCUT2D eigenvalue weighted by molar-refractivity contribution is 5.94. The van der Waals surface area contributed by atoms with Gasteiger partial charge in [0.2, 0.25) is 0 Å². The minimum atomic E-state index is -0.761. The van der Waals surface area contributed by atoms with Crippen LogP contribution in [0.2, 0.25) is 0 Å². The van der Waals surface area contributed by atoms with Crippen LogP contribution in [0.5, 0.6) is 17.2 Å². The maximum Gasteiger partial charge on any atom is 0.343 e. The molecule has 41 heavy (non-hydrogen) atoms. The zero-order valence-corrected chi connectivity index (χ0v) is 22.6. The van der Waals surface area contributed by atoms with Crippen molar-refractivity contribution in [3.05, 3.63) is 103 Å². The molecule has 0 unspecified atom stereocenters. The maximum atomic E-state index is 12.6. The van der Waals surface area contributed by atoms with Gasteiger partial charge in [-0.1, -0.05) is 37.4 Å². The van der Waals surface area contributed by atoms with Gasteiger partial charge in [-0.2, -0.15) is 0 Å². The van der Waals surface area contributed by atoms with E-state index >= 15 is 0 Å². The molecule has 0 amide bonds. The number of esters is 4. The summed E-state index contributed by atoms with van der Waals surface area (Å²) in [5, 5.41) is 0. The van der Waals surface area contributed by atoms with Crippen LogP contribution in [-0.4, -0.2) is 44.2 Å². The summed E-state index contributed by atoms with van der Waals surface area (Å²) in [7, 11) is 1.21. The molecule has 0 aliphatic rings. The second-order valence-corrected chi connectivity index (χ2v) is 8.64. The number of hydrogen-bond donors (Lipinski definition) is 0. The minimum absolute atomic E-state index is 0.0440. The summed E-state index contributed by atoms with van der Waals surface area (Å²) in [6.45, 7) is 7.70. The Morgan fingerprint density at radius 3 is 1.85 bits per heavy atom. The van der Waals surface area contributed by atoms with E-state index in [0.29, 0.717) is 25.2 Å². The lowest BCUT2D eigenvalue weighted by molar-refractivity contribution is -0.141. The predicted octanol–water partition coefficient (Wildman–Crippen LogP) is 5.49. The summed E-state index contributed by atoms with van der Waals surface area (Å²) >= 11 is 0. The van der Waals surface area contributed by atoms with Crippen molar-refractivity contribution in [3.63, 3.8) is 0 Å². The molecular formula is C32H30O9. The molecule has 212 valence electrons. The third-order valence-electron chi connectivity index (χ3n) is 5.65. The fourth-order valence-electron chi connectivity index (χ4n) is 3.41. The van der Waals surface area contributed by atoms with Crippen molar-refractivity contribution in [2.75, 3.05) is 20.3 Å². The van der Waals surface area contributed by atoms with Crippen molar-refractivity contribution < 1.29 is 42.9 Å². The van der Waals surface area contributed by atoms with E-state index < -0.39 is 23.9 Å². The molecular weight excluding hydrogens is 528 g/mol. The van der Waals surface area contributed by atoms with Crippen molar-refractivity contribution in [2.24, 2.45) is 0 Å². The van der Waals surface area contributed by atoms with Crippen LogP contribution in [0, 0.1) is 0 Å². The predicted molar refractivity (Wildman–Crippen MR) is 151 cm³/mol. The van der Waals surface area contributed by atoms with Crippen LogP contribution < -0.4 is 14.2 Å². The first-order valence-electron chi connectivity index (χ1n) is 12.7. The molecule has 0 radical (unpaired) electrons. The second kappa shape index (κ2) is 15.4. The third kappa shape index (κ3) is 9.81. The molecule has 9 nitrogen and oxygen atoms in total. The normalized spacial score (nSPS) is 10.2. The summed E-state index contributed by atoms with van der Waals surface area (Å²) in [4.78, 5) is 46.9. The molecule has 0 bridgehead atoms. The van der Waals surface area contributed by atoms with Gasteiger partial charge in [-0.25, -0.2) is 14.4 Å².